The van der Waals surface area contributed by atoms with Gasteiger partial charge in [0.2, 0.25) is 0 Å². The van der Waals surface area contributed by atoms with Crippen molar-refractivity contribution in [3.63, 3.8) is 0 Å². The van der Waals surface area contributed by atoms with Crippen LogP contribution in [0.2, 0.25) is 0 Å². The number of aryl methyl sites for hydroxylation is 1. The minimum Gasteiger partial charge on any atom is -0.365 e. The maximum atomic E-state index is 4.47. The Kier molecular flexibility index (Phi) is 2.34. The first-order valence-corrected chi connectivity index (χ1v) is 7.66. The van der Waals surface area contributed by atoms with Gasteiger partial charge in [0.15, 0.2) is 0 Å². The number of hydrogen-bond donors (Lipinski definition) is 1. The molecular formula is C14H17N3S. The molecule has 2 aliphatic rings. The molecule has 2 saturated carbocycles. The SMILES string of the molecule is Cc1csc2c(NC(C3CC3)C3CC3)ncnc12. The van der Waals surface area contributed by atoms with Gasteiger partial charge in [-0.05, 0) is 55.4 Å². The molecule has 0 spiro atoms. The molecule has 0 amide bonds. The molecule has 1 N–H and O–H groups in total. The summed E-state index contributed by atoms with van der Waals surface area (Å²) in [4.78, 5) is 8.86. The summed E-state index contributed by atoms with van der Waals surface area (Å²) in [6.07, 6.45) is 7.27. The molecule has 0 saturated heterocycles. The van der Waals surface area contributed by atoms with Crippen LogP contribution in [0.15, 0.2) is 11.7 Å². The Morgan fingerprint density at radius 3 is 2.61 bits per heavy atom. The third kappa shape index (κ3) is 1.79. The highest BCUT2D eigenvalue weighted by Gasteiger charge is 2.41. The summed E-state index contributed by atoms with van der Waals surface area (Å²) in [7, 11) is 0. The summed E-state index contributed by atoms with van der Waals surface area (Å²) >= 11 is 1.76. The van der Waals surface area contributed by atoms with E-state index in [0.29, 0.717) is 6.04 Å². The lowest BCUT2D eigenvalue weighted by Crippen LogP contribution is -2.24. The van der Waals surface area contributed by atoms with Crippen LogP contribution in [0.4, 0.5) is 5.82 Å². The first kappa shape index (κ1) is 10.7. The van der Waals surface area contributed by atoms with Crippen molar-refractivity contribution in [2.45, 2.75) is 38.6 Å². The molecular weight excluding hydrogens is 242 g/mol. The summed E-state index contributed by atoms with van der Waals surface area (Å²) in [5, 5.41) is 5.89. The van der Waals surface area contributed by atoms with Gasteiger partial charge in [-0.1, -0.05) is 0 Å². The molecule has 0 unspecified atom stereocenters. The molecule has 2 fully saturated rings. The van der Waals surface area contributed by atoms with Crippen molar-refractivity contribution >= 4 is 27.4 Å². The van der Waals surface area contributed by atoms with Gasteiger partial charge in [0.05, 0.1) is 10.2 Å². The second kappa shape index (κ2) is 3.92. The Labute approximate surface area is 111 Å². The molecule has 4 heteroatoms. The number of nitrogens with one attached hydrogen (secondary N) is 1. The van der Waals surface area contributed by atoms with Crippen LogP contribution in [-0.2, 0) is 0 Å². The van der Waals surface area contributed by atoms with Gasteiger partial charge >= 0.3 is 0 Å². The summed E-state index contributed by atoms with van der Waals surface area (Å²) in [5.41, 5.74) is 2.37. The first-order valence-electron chi connectivity index (χ1n) is 6.78. The van der Waals surface area contributed by atoms with E-state index >= 15 is 0 Å². The number of aromatic nitrogens is 2. The molecule has 3 nitrogen and oxygen atoms in total. The van der Waals surface area contributed by atoms with E-state index in [2.05, 4.69) is 27.6 Å². The second-order valence-electron chi connectivity index (χ2n) is 5.66. The lowest BCUT2D eigenvalue weighted by atomic mass is 10.1. The minimum atomic E-state index is 0.658. The molecule has 2 aromatic rings. The number of thiophene rings is 1. The first-order chi connectivity index (χ1) is 8.83. The molecule has 0 aromatic carbocycles. The molecule has 0 aliphatic heterocycles. The number of rotatable bonds is 4. The van der Waals surface area contributed by atoms with Crippen LogP contribution in [0.5, 0.6) is 0 Å². The third-order valence-electron chi connectivity index (χ3n) is 4.09. The van der Waals surface area contributed by atoms with Crippen LogP contribution in [0.25, 0.3) is 10.2 Å². The van der Waals surface area contributed by atoms with E-state index < -0.39 is 0 Å². The highest BCUT2D eigenvalue weighted by molar-refractivity contribution is 7.18. The predicted molar refractivity (Wildman–Crippen MR) is 75.0 cm³/mol. The Morgan fingerprint density at radius 2 is 1.94 bits per heavy atom. The molecule has 2 aliphatic carbocycles. The second-order valence-corrected chi connectivity index (χ2v) is 6.54. The smallest absolute Gasteiger partial charge is 0.147 e. The highest BCUT2D eigenvalue weighted by Crippen LogP contribution is 2.46. The highest BCUT2D eigenvalue weighted by atomic mass is 32.1. The number of fused-ring (bicyclic) bond motifs is 1. The van der Waals surface area contributed by atoms with E-state index in [-0.39, 0.29) is 0 Å². The monoisotopic (exact) mass is 259 g/mol. The Balaban J connectivity index is 1.68. The normalized spacial score (nSPS) is 19.7. The van der Waals surface area contributed by atoms with Gasteiger partial charge < -0.3 is 5.32 Å². The lowest BCUT2D eigenvalue weighted by molar-refractivity contribution is 0.566. The van der Waals surface area contributed by atoms with Gasteiger partial charge in [-0.15, -0.1) is 11.3 Å². The van der Waals surface area contributed by atoms with Crippen LogP contribution in [0.3, 0.4) is 0 Å². The standard InChI is InChI=1S/C14H17N3S/c1-8-6-18-13-11(8)15-7-16-14(13)17-12(9-2-3-9)10-4-5-10/h6-7,9-10,12H,2-5H2,1H3,(H,15,16,17). The fourth-order valence-corrected chi connectivity index (χ4v) is 3.72. The molecule has 4 rings (SSSR count). The molecule has 2 aromatic heterocycles. The average Bonchev–Trinajstić information content (AvgIpc) is 3.27. The van der Waals surface area contributed by atoms with Crippen LogP contribution in [-0.4, -0.2) is 16.0 Å². The fourth-order valence-electron chi connectivity index (χ4n) is 2.76. The molecule has 0 atom stereocenters. The van der Waals surface area contributed by atoms with Gasteiger partial charge in [0.25, 0.3) is 0 Å². The number of hydrogen-bond acceptors (Lipinski definition) is 4. The van der Waals surface area contributed by atoms with Gasteiger partial charge in [-0.3, -0.25) is 0 Å². The Morgan fingerprint density at radius 1 is 1.22 bits per heavy atom. The quantitative estimate of drug-likeness (QED) is 0.911. The van der Waals surface area contributed by atoms with Crippen molar-refractivity contribution in [3.05, 3.63) is 17.3 Å². The van der Waals surface area contributed by atoms with E-state index in [1.165, 1.54) is 35.9 Å². The molecule has 94 valence electrons. The predicted octanol–water partition coefficient (Wildman–Crippen LogP) is 3.60. The van der Waals surface area contributed by atoms with Crippen molar-refractivity contribution in [1.29, 1.82) is 0 Å². The van der Waals surface area contributed by atoms with E-state index in [1.54, 1.807) is 17.7 Å². The largest absolute Gasteiger partial charge is 0.365 e. The maximum Gasteiger partial charge on any atom is 0.147 e. The zero-order valence-electron chi connectivity index (χ0n) is 10.5. The summed E-state index contributed by atoms with van der Waals surface area (Å²) in [6.45, 7) is 2.12. The van der Waals surface area contributed by atoms with Crippen LogP contribution < -0.4 is 5.32 Å². The summed E-state index contributed by atoms with van der Waals surface area (Å²) in [6, 6.07) is 0.658. The van der Waals surface area contributed by atoms with Gasteiger partial charge in [0.1, 0.15) is 12.1 Å². The average molecular weight is 259 g/mol. The van der Waals surface area contributed by atoms with Crippen molar-refractivity contribution in [1.82, 2.24) is 9.97 Å². The van der Waals surface area contributed by atoms with Gasteiger partial charge in [0, 0.05) is 6.04 Å². The molecule has 0 bridgehead atoms. The van der Waals surface area contributed by atoms with Crippen molar-refractivity contribution < 1.29 is 0 Å². The van der Waals surface area contributed by atoms with E-state index in [4.69, 9.17) is 0 Å². The topological polar surface area (TPSA) is 37.8 Å². The number of nitrogens with zero attached hydrogens (tertiary/aromatic N) is 2. The molecule has 18 heavy (non-hydrogen) atoms. The summed E-state index contributed by atoms with van der Waals surface area (Å²) in [5.74, 6) is 2.84. The third-order valence-corrected chi connectivity index (χ3v) is 5.19. The van der Waals surface area contributed by atoms with E-state index in [1.807, 2.05) is 0 Å². The van der Waals surface area contributed by atoms with Crippen LogP contribution >= 0.6 is 11.3 Å². The molecule has 0 radical (unpaired) electrons. The van der Waals surface area contributed by atoms with E-state index in [9.17, 15) is 0 Å². The Bertz CT molecular complexity index is 572. The van der Waals surface area contributed by atoms with Gasteiger partial charge in [-0.2, -0.15) is 0 Å². The zero-order chi connectivity index (χ0) is 12.1. The van der Waals surface area contributed by atoms with Crippen molar-refractivity contribution in [2.75, 3.05) is 5.32 Å². The lowest BCUT2D eigenvalue weighted by Gasteiger charge is -2.18. The summed E-state index contributed by atoms with van der Waals surface area (Å²) < 4.78 is 1.22. The van der Waals surface area contributed by atoms with E-state index in [0.717, 1.165) is 23.2 Å². The van der Waals surface area contributed by atoms with Crippen molar-refractivity contribution in [2.24, 2.45) is 11.8 Å². The maximum absolute atomic E-state index is 4.47. The van der Waals surface area contributed by atoms with Crippen LogP contribution in [0.1, 0.15) is 31.2 Å². The number of anilines is 1. The van der Waals surface area contributed by atoms with Crippen molar-refractivity contribution in [3.8, 4) is 0 Å². The fraction of sp³-hybridized carbons (Fsp3) is 0.571. The zero-order valence-corrected chi connectivity index (χ0v) is 11.3. The Hall–Kier alpha value is -1.16. The molecule has 2 heterocycles. The van der Waals surface area contributed by atoms with Crippen LogP contribution in [0, 0.1) is 18.8 Å². The minimum absolute atomic E-state index is 0.658. The van der Waals surface area contributed by atoms with Gasteiger partial charge in [-0.25, -0.2) is 9.97 Å².